The molecule has 29 heavy (non-hydrogen) atoms. The lowest BCUT2D eigenvalue weighted by Gasteiger charge is -2.28. The third kappa shape index (κ3) is 2.97. The summed E-state index contributed by atoms with van der Waals surface area (Å²) in [5.74, 6) is -4.76. The number of hydrogen-bond acceptors (Lipinski definition) is 6. The first-order valence-electron chi connectivity index (χ1n) is 9.64. The molecular formula is C22H23NO6. The molecule has 1 atom stereocenters. The molecule has 2 heterocycles. The van der Waals surface area contributed by atoms with E-state index in [-0.39, 0.29) is 24.5 Å². The van der Waals surface area contributed by atoms with Crippen LogP contribution in [0.25, 0.3) is 0 Å². The van der Waals surface area contributed by atoms with Crippen LogP contribution in [-0.2, 0) is 30.9 Å². The number of Topliss-reactive ketones (excluding diaryl/α,β-unsaturated/α-hetero) is 1. The molecule has 0 saturated heterocycles. The molecule has 1 aromatic carbocycles. The van der Waals surface area contributed by atoms with E-state index >= 15 is 0 Å². The maximum Gasteiger partial charge on any atom is 0.330 e. The molecule has 1 aliphatic heterocycles. The molecule has 0 saturated carbocycles. The van der Waals surface area contributed by atoms with Gasteiger partial charge in [0.2, 0.25) is 11.3 Å². The molecule has 0 amide bonds. The first kappa shape index (κ1) is 20.5. The van der Waals surface area contributed by atoms with Crippen molar-refractivity contribution in [2.75, 3.05) is 13.2 Å². The fourth-order valence-corrected chi connectivity index (χ4v) is 3.88. The van der Waals surface area contributed by atoms with Crippen LogP contribution >= 0.6 is 0 Å². The van der Waals surface area contributed by atoms with Crippen LogP contribution in [0.4, 0.5) is 0 Å². The Morgan fingerprint density at radius 3 is 2.03 bits per heavy atom. The summed E-state index contributed by atoms with van der Waals surface area (Å²) in [6.45, 7) is 5.01. The zero-order valence-electron chi connectivity index (χ0n) is 16.6. The zero-order chi connectivity index (χ0) is 21.2. The SMILES string of the molecule is CCOC(=O)C1(C(=O)OCC)c2ccc(CC)n2C(=O)C1C(=O)c1ccccc1. The second kappa shape index (κ2) is 8.03. The number of carbonyl (C=O) groups excluding carboxylic acids is 4. The predicted octanol–water partition coefficient (Wildman–Crippen LogP) is 2.57. The second-order valence-electron chi connectivity index (χ2n) is 6.65. The quantitative estimate of drug-likeness (QED) is 0.405. The van der Waals surface area contributed by atoms with Crippen LogP contribution in [-0.4, -0.2) is 41.4 Å². The minimum absolute atomic E-state index is 0.0121. The van der Waals surface area contributed by atoms with E-state index in [9.17, 15) is 19.2 Å². The number of aryl methyl sites for hydroxylation is 1. The summed E-state index contributed by atoms with van der Waals surface area (Å²) in [4.78, 5) is 53.2. The maximum absolute atomic E-state index is 13.4. The lowest BCUT2D eigenvalue weighted by Crippen LogP contribution is -2.53. The van der Waals surface area contributed by atoms with Crippen molar-refractivity contribution in [3.63, 3.8) is 0 Å². The van der Waals surface area contributed by atoms with Gasteiger partial charge < -0.3 is 9.47 Å². The standard InChI is InChI=1S/C22H23NO6/c1-4-15-12-13-16-22(20(26)28-5-2,21(27)29-6-3)17(19(25)23(15)16)18(24)14-10-8-7-9-11-14/h7-13,17H,4-6H2,1-3H3. The van der Waals surface area contributed by atoms with Crippen LogP contribution in [0.3, 0.4) is 0 Å². The summed E-state index contributed by atoms with van der Waals surface area (Å²) in [5.41, 5.74) is -1.23. The van der Waals surface area contributed by atoms with Crippen molar-refractivity contribution in [3.05, 3.63) is 59.4 Å². The highest BCUT2D eigenvalue weighted by Gasteiger charge is 2.68. The number of ether oxygens (including phenoxy) is 2. The van der Waals surface area contributed by atoms with Gasteiger partial charge in [0.15, 0.2) is 5.78 Å². The van der Waals surface area contributed by atoms with E-state index < -0.39 is 35.0 Å². The van der Waals surface area contributed by atoms with Gasteiger partial charge >= 0.3 is 11.9 Å². The van der Waals surface area contributed by atoms with Gasteiger partial charge in [0.1, 0.15) is 5.92 Å². The van der Waals surface area contributed by atoms with Gasteiger partial charge in [-0.15, -0.1) is 0 Å². The Hall–Kier alpha value is -3.22. The second-order valence-corrected chi connectivity index (χ2v) is 6.65. The first-order valence-corrected chi connectivity index (χ1v) is 9.64. The molecule has 1 aliphatic rings. The van der Waals surface area contributed by atoms with Gasteiger partial charge in [-0.3, -0.25) is 23.7 Å². The van der Waals surface area contributed by atoms with Crippen molar-refractivity contribution in [1.82, 2.24) is 4.57 Å². The molecule has 0 bridgehead atoms. The Balaban J connectivity index is 2.30. The third-order valence-electron chi connectivity index (χ3n) is 5.14. The average Bonchev–Trinajstić information content (AvgIpc) is 3.26. The Morgan fingerprint density at radius 2 is 1.52 bits per heavy atom. The van der Waals surface area contributed by atoms with Crippen molar-refractivity contribution in [1.29, 1.82) is 0 Å². The lowest BCUT2D eigenvalue weighted by atomic mass is 9.71. The van der Waals surface area contributed by atoms with Crippen LogP contribution in [0.2, 0.25) is 0 Å². The van der Waals surface area contributed by atoms with Crippen LogP contribution in [0, 0.1) is 5.92 Å². The van der Waals surface area contributed by atoms with Crippen LogP contribution in [0.15, 0.2) is 42.5 Å². The Kier molecular flexibility index (Phi) is 5.68. The number of ketones is 1. The number of hydrogen-bond donors (Lipinski definition) is 0. The number of benzene rings is 1. The van der Waals surface area contributed by atoms with E-state index in [1.165, 1.54) is 10.6 Å². The zero-order valence-corrected chi connectivity index (χ0v) is 16.6. The van der Waals surface area contributed by atoms with E-state index in [0.29, 0.717) is 12.1 Å². The highest BCUT2D eigenvalue weighted by Crippen LogP contribution is 2.45. The molecule has 3 rings (SSSR count). The molecule has 1 unspecified atom stereocenters. The minimum Gasteiger partial charge on any atom is -0.465 e. The molecule has 7 nitrogen and oxygen atoms in total. The Morgan fingerprint density at radius 1 is 0.931 bits per heavy atom. The molecule has 0 radical (unpaired) electrons. The van der Waals surface area contributed by atoms with E-state index in [1.807, 2.05) is 6.92 Å². The number of fused-ring (bicyclic) bond motifs is 1. The smallest absolute Gasteiger partial charge is 0.330 e. The predicted molar refractivity (Wildman–Crippen MR) is 104 cm³/mol. The summed E-state index contributed by atoms with van der Waals surface area (Å²) in [6, 6.07) is 11.3. The summed E-state index contributed by atoms with van der Waals surface area (Å²) in [6.07, 6.45) is 0.486. The fraction of sp³-hybridized carbons (Fsp3) is 0.364. The van der Waals surface area contributed by atoms with Gasteiger partial charge in [-0.25, -0.2) is 0 Å². The van der Waals surface area contributed by atoms with Crippen LogP contribution in [0.5, 0.6) is 0 Å². The highest BCUT2D eigenvalue weighted by molar-refractivity contribution is 6.24. The van der Waals surface area contributed by atoms with Crippen molar-refractivity contribution < 1.29 is 28.7 Å². The number of nitrogens with zero attached hydrogens (tertiary/aromatic N) is 1. The van der Waals surface area contributed by atoms with Gasteiger partial charge in [0.05, 0.1) is 18.9 Å². The molecule has 0 N–H and O–H groups in total. The molecule has 0 spiro atoms. The van der Waals surface area contributed by atoms with Gasteiger partial charge in [-0.1, -0.05) is 37.3 Å². The lowest BCUT2D eigenvalue weighted by molar-refractivity contribution is -0.166. The molecule has 0 fully saturated rings. The maximum atomic E-state index is 13.4. The third-order valence-corrected chi connectivity index (χ3v) is 5.14. The van der Waals surface area contributed by atoms with E-state index in [2.05, 4.69) is 0 Å². The summed E-state index contributed by atoms with van der Waals surface area (Å²) in [5, 5.41) is 0. The fourth-order valence-electron chi connectivity index (χ4n) is 3.88. The summed E-state index contributed by atoms with van der Waals surface area (Å²) in [7, 11) is 0. The summed E-state index contributed by atoms with van der Waals surface area (Å²) < 4.78 is 11.7. The molecular weight excluding hydrogens is 374 g/mol. The molecule has 1 aromatic heterocycles. The largest absolute Gasteiger partial charge is 0.465 e. The highest BCUT2D eigenvalue weighted by atomic mass is 16.6. The first-order chi connectivity index (χ1) is 13.9. The van der Waals surface area contributed by atoms with Crippen LogP contribution in [0.1, 0.15) is 47.3 Å². The van der Waals surface area contributed by atoms with Crippen LogP contribution < -0.4 is 0 Å². The van der Waals surface area contributed by atoms with E-state index in [1.54, 1.807) is 50.2 Å². The Labute approximate surface area is 168 Å². The van der Waals surface area contributed by atoms with Gasteiger partial charge in [0.25, 0.3) is 0 Å². The molecule has 2 aromatic rings. The van der Waals surface area contributed by atoms with Crippen molar-refractivity contribution in [2.45, 2.75) is 32.6 Å². The normalized spacial score (nSPS) is 16.9. The molecule has 0 aliphatic carbocycles. The minimum atomic E-state index is -2.18. The number of carbonyl (C=O) groups is 4. The topological polar surface area (TPSA) is 91.7 Å². The molecule has 152 valence electrons. The molecule has 7 heteroatoms. The van der Waals surface area contributed by atoms with Gasteiger partial charge in [0, 0.05) is 11.3 Å². The van der Waals surface area contributed by atoms with Gasteiger partial charge in [-0.05, 0) is 32.4 Å². The summed E-state index contributed by atoms with van der Waals surface area (Å²) >= 11 is 0. The number of aromatic nitrogens is 1. The van der Waals surface area contributed by atoms with Crippen molar-refractivity contribution >= 4 is 23.6 Å². The van der Waals surface area contributed by atoms with Gasteiger partial charge in [-0.2, -0.15) is 0 Å². The van der Waals surface area contributed by atoms with E-state index in [4.69, 9.17) is 9.47 Å². The number of esters is 2. The Bertz CT molecular complexity index is 941. The van der Waals surface area contributed by atoms with E-state index in [0.717, 1.165) is 0 Å². The number of rotatable bonds is 7. The monoisotopic (exact) mass is 397 g/mol. The average molecular weight is 397 g/mol. The van der Waals surface area contributed by atoms with Crippen molar-refractivity contribution in [2.24, 2.45) is 5.92 Å². The van der Waals surface area contributed by atoms with Crippen molar-refractivity contribution in [3.8, 4) is 0 Å².